The van der Waals surface area contributed by atoms with Crippen LogP contribution in [0.5, 0.6) is 0 Å². The number of nitrogens with zero attached hydrogens (tertiary/aromatic N) is 3. The van der Waals surface area contributed by atoms with Gasteiger partial charge in [-0.2, -0.15) is 0 Å². The zero-order valence-corrected chi connectivity index (χ0v) is 48.2. The van der Waals surface area contributed by atoms with Gasteiger partial charge in [-0.3, -0.25) is 24.1 Å². The Morgan fingerprint density at radius 2 is 1.00 bits per heavy atom. The topological polar surface area (TPSA) is 126 Å². The Kier molecular flexibility index (Phi) is 20.7. The van der Waals surface area contributed by atoms with Crippen molar-refractivity contribution < 1.29 is 24.9 Å². The molecule has 3 aliphatic heterocycles. The Hall–Kier alpha value is -4.84. The minimum absolute atomic E-state index is 0. The van der Waals surface area contributed by atoms with Gasteiger partial charge in [-0.15, -0.1) is 0 Å². The predicted molar refractivity (Wildman–Crippen MR) is 321 cm³/mol. The van der Waals surface area contributed by atoms with E-state index in [9.17, 15) is 19.2 Å². The molecule has 0 aromatic heterocycles. The fourth-order valence-corrected chi connectivity index (χ4v) is 14.3. The lowest BCUT2D eigenvalue weighted by molar-refractivity contribution is -0.123. The first-order chi connectivity index (χ1) is 37.3. The molecule has 11 nitrogen and oxygen atoms in total. The first-order valence-electron chi connectivity index (χ1n) is 30.5. The van der Waals surface area contributed by atoms with Crippen LogP contribution in [-0.2, 0) is 35.4 Å². The molecule has 3 aromatic rings. The summed E-state index contributed by atoms with van der Waals surface area (Å²) in [4.78, 5) is 54.9. The molecule has 7 aliphatic rings. The molecule has 77 heavy (non-hydrogen) atoms. The SMILES string of the molecule is CC(C)CCN1CCC2(CC1)C[C@H](NC(=O)C1CC1)c1ccccc12.CC/C=C\CCCCCCN1CCC2(CC1)C[C@H](NC(C)=O)c1ccccc12.CCNC(=O)CN1CCC2(CC1)C[C@H](NC(C)=O)c1ccccc12.[HH].[HH].[HH].[HH]. The number of hydrogen-bond acceptors (Lipinski definition) is 7. The minimum Gasteiger partial charge on any atom is -0.355 e. The van der Waals surface area contributed by atoms with Gasteiger partial charge < -0.3 is 31.1 Å². The average molecular weight is 1060 g/mol. The Bertz CT molecular complexity index is 2460. The highest BCUT2D eigenvalue weighted by molar-refractivity contribution is 5.81. The van der Waals surface area contributed by atoms with Crippen molar-refractivity contribution >= 4 is 23.6 Å². The molecular weight excluding hydrogens is 955 g/mol. The van der Waals surface area contributed by atoms with E-state index in [1.807, 2.05) is 6.92 Å². The molecule has 4 amide bonds. The number of rotatable bonds is 18. The van der Waals surface area contributed by atoms with E-state index in [0.29, 0.717) is 19.0 Å². The summed E-state index contributed by atoms with van der Waals surface area (Å²) < 4.78 is 0. The maximum Gasteiger partial charge on any atom is 0.234 e. The summed E-state index contributed by atoms with van der Waals surface area (Å²) in [6, 6.07) is 26.7. The van der Waals surface area contributed by atoms with Gasteiger partial charge in [0.15, 0.2) is 0 Å². The van der Waals surface area contributed by atoms with Gasteiger partial charge in [0, 0.05) is 48.3 Å². The van der Waals surface area contributed by atoms with Crippen molar-refractivity contribution in [2.75, 3.05) is 65.4 Å². The highest BCUT2D eigenvalue weighted by Crippen LogP contribution is 2.53. The molecule has 11 heteroatoms. The van der Waals surface area contributed by atoms with E-state index < -0.39 is 0 Å². The van der Waals surface area contributed by atoms with Crippen LogP contribution in [0.15, 0.2) is 84.9 Å². The number of benzene rings is 3. The maximum absolute atomic E-state index is 12.3. The van der Waals surface area contributed by atoms with Crippen LogP contribution in [-0.4, -0.2) is 104 Å². The highest BCUT2D eigenvalue weighted by atomic mass is 16.2. The van der Waals surface area contributed by atoms with E-state index in [-0.39, 0.29) is 63.7 Å². The monoisotopic (exact) mass is 1060 g/mol. The number of carbonyl (C=O) groups is 4. The first-order valence-corrected chi connectivity index (χ1v) is 30.5. The van der Waals surface area contributed by atoms with Crippen LogP contribution in [0.3, 0.4) is 0 Å². The standard InChI is InChI=1S/C25H38N2O.C22H32N2O.C19H27N3O2.4H2/c1-3-4-5-6-7-8-9-12-17-27-18-15-25(16-19-27)20-24(26-21(2)28)22-13-10-11-14-23(22)25;1-16(2)9-12-24-13-10-22(11-14-24)15-20(23-21(25)17-7-8-17)18-5-3-4-6-19(18)22;1-3-20-18(24)13-22-10-8-19(9-11-22)12-17(21-14(2)23)15-6-4-5-7-16(15)19;;;;/h4-5,10-11,13-14,24H,3,6-9,12,15-20H2,1-2H3,(H,26,28);3-6,16-17,20H,7-15H2,1-2H3,(H,23,25);4-7,17H,3,8-13H2,1-2H3,(H,20,24)(H,21,23);4*1H/b5-4-;;;;;;/t24-;20-;17-;;;;/m000..../s1. The van der Waals surface area contributed by atoms with Gasteiger partial charge in [0.1, 0.15) is 0 Å². The lowest BCUT2D eigenvalue weighted by atomic mass is 9.73. The van der Waals surface area contributed by atoms with Crippen molar-refractivity contribution in [3.8, 4) is 0 Å². The summed E-state index contributed by atoms with van der Waals surface area (Å²) in [6.45, 7) is 22.3. The zero-order valence-electron chi connectivity index (χ0n) is 48.2. The number of piperidine rings is 3. The van der Waals surface area contributed by atoms with Crippen LogP contribution in [0.2, 0.25) is 0 Å². The highest BCUT2D eigenvalue weighted by Gasteiger charge is 2.48. The maximum atomic E-state index is 12.3. The number of nitrogens with one attached hydrogen (secondary N) is 4. The summed E-state index contributed by atoms with van der Waals surface area (Å²) in [6.07, 6.45) is 26.0. The van der Waals surface area contributed by atoms with Crippen molar-refractivity contribution in [2.24, 2.45) is 11.8 Å². The largest absolute Gasteiger partial charge is 0.355 e. The van der Waals surface area contributed by atoms with Crippen molar-refractivity contribution in [2.45, 2.75) is 191 Å². The van der Waals surface area contributed by atoms with Gasteiger partial charge in [-0.1, -0.05) is 119 Å². The molecule has 3 heterocycles. The van der Waals surface area contributed by atoms with Gasteiger partial charge in [0.2, 0.25) is 23.6 Å². The van der Waals surface area contributed by atoms with Crippen LogP contribution < -0.4 is 21.3 Å². The molecule has 0 bridgehead atoms. The molecule has 428 valence electrons. The number of allylic oxidation sites excluding steroid dienone is 2. The number of hydrogen-bond donors (Lipinski definition) is 4. The first kappa shape index (κ1) is 58.3. The van der Waals surface area contributed by atoms with E-state index in [1.165, 1.54) is 137 Å². The Balaban J connectivity index is 0.000000256. The Labute approximate surface area is 469 Å². The molecule has 4 N–H and O–H groups in total. The molecular formula is C66H105N7O4. The Morgan fingerprint density at radius 3 is 1.43 bits per heavy atom. The third-order valence-electron chi connectivity index (χ3n) is 18.7. The predicted octanol–water partition coefficient (Wildman–Crippen LogP) is 12.3. The number of carbonyl (C=O) groups excluding carboxylic acids is 4. The zero-order chi connectivity index (χ0) is 54.4. The molecule has 3 aromatic carbocycles. The van der Waals surface area contributed by atoms with Gasteiger partial charge in [-0.25, -0.2) is 0 Å². The van der Waals surface area contributed by atoms with Gasteiger partial charge in [0.25, 0.3) is 0 Å². The second-order valence-corrected chi connectivity index (χ2v) is 24.7. The lowest BCUT2D eigenvalue weighted by Gasteiger charge is -2.40. The molecule has 3 spiro atoms. The third kappa shape index (κ3) is 15.1. The summed E-state index contributed by atoms with van der Waals surface area (Å²) in [7, 11) is 0. The fraction of sp³-hybridized carbons (Fsp3) is 0.636. The molecule has 0 unspecified atom stereocenters. The molecule has 3 atom stereocenters. The molecule has 10 rings (SSSR count). The molecule has 3 saturated heterocycles. The average Bonchev–Trinajstić information content (AvgIpc) is 4.34. The molecule has 0 radical (unpaired) electrons. The quantitative estimate of drug-likeness (QED) is 0.0738. The van der Waals surface area contributed by atoms with Crippen LogP contribution in [0.1, 0.15) is 214 Å². The van der Waals surface area contributed by atoms with Crippen LogP contribution in [0.4, 0.5) is 0 Å². The van der Waals surface area contributed by atoms with E-state index >= 15 is 0 Å². The van der Waals surface area contributed by atoms with E-state index in [1.54, 1.807) is 13.8 Å². The Morgan fingerprint density at radius 1 is 0.571 bits per heavy atom. The van der Waals surface area contributed by atoms with Crippen molar-refractivity contribution in [1.29, 1.82) is 0 Å². The van der Waals surface area contributed by atoms with E-state index in [2.05, 4.69) is 142 Å². The second kappa shape index (κ2) is 27.4. The number of likely N-dealkylation sites (tertiary alicyclic amines) is 3. The van der Waals surface area contributed by atoms with Gasteiger partial charge in [-0.05, 0) is 201 Å². The van der Waals surface area contributed by atoms with Crippen LogP contribution in [0.25, 0.3) is 0 Å². The summed E-state index contributed by atoms with van der Waals surface area (Å²) in [5.41, 5.74) is 9.09. The third-order valence-corrected chi connectivity index (χ3v) is 18.7. The minimum atomic E-state index is 0. The van der Waals surface area contributed by atoms with Crippen molar-refractivity contribution in [3.63, 3.8) is 0 Å². The second-order valence-electron chi connectivity index (χ2n) is 24.7. The summed E-state index contributed by atoms with van der Waals surface area (Å²) >= 11 is 0. The smallest absolute Gasteiger partial charge is 0.234 e. The van der Waals surface area contributed by atoms with E-state index in [4.69, 9.17) is 0 Å². The molecule has 1 saturated carbocycles. The fourth-order valence-electron chi connectivity index (χ4n) is 14.3. The number of likely N-dealkylation sites (N-methyl/N-ethyl adjacent to an activating group) is 1. The van der Waals surface area contributed by atoms with Crippen molar-refractivity contribution in [1.82, 2.24) is 36.0 Å². The molecule has 4 aliphatic carbocycles. The van der Waals surface area contributed by atoms with Crippen molar-refractivity contribution in [3.05, 3.63) is 118 Å². The lowest BCUT2D eigenvalue weighted by Crippen LogP contribution is -2.46. The summed E-state index contributed by atoms with van der Waals surface area (Å²) in [5, 5.41) is 12.5. The van der Waals surface area contributed by atoms with E-state index in [0.717, 1.165) is 70.4 Å². The number of unbranched alkanes of at least 4 members (excludes halogenated alkanes) is 4. The van der Waals surface area contributed by atoms with Gasteiger partial charge >= 0.3 is 0 Å². The van der Waals surface area contributed by atoms with Gasteiger partial charge in [0.05, 0.1) is 24.7 Å². The number of fused-ring (bicyclic) bond motifs is 6. The summed E-state index contributed by atoms with van der Waals surface area (Å²) in [5.74, 6) is 1.58. The van der Waals surface area contributed by atoms with Crippen LogP contribution >= 0.6 is 0 Å². The number of amides is 4. The van der Waals surface area contributed by atoms with Crippen LogP contribution in [0, 0.1) is 11.8 Å². The molecule has 4 fully saturated rings. The normalized spacial score (nSPS) is 22.9.